The third-order valence-electron chi connectivity index (χ3n) is 5.50. The maximum absolute atomic E-state index is 12.5. The Morgan fingerprint density at radius 2 is 2.07 bits per heavy atom. The smallest absolute Gasteiger partial charge is 0.284 e. The molecular formula is C21H24N4O3S. The molecule has 1 fully saturated rings. The Morgan fingerprint density at radius 3 is 2.69 bits per heavy atom. The maximum Gasteiger partial charge on any atom is 0.284 e. The van der Waals surface area contributed by atoms with Crippen LogP contribution in [0, 0.1) is 5.92 Å². The summed E-state index contributed by atoms with van der Waals surface area (Å²) >= 11 is 1.27. The molecule has 1 aliphatic carbocycles. The monoisotopic (exact) mass is 412 g/mol. The summed E-state index contributed by atoms with van der Waals surface area (Å²) in [6, 6.07) is 3.95. The number of aliphatic hydroxyl groups is 1. The van der Waals surface area contributed by atoms with Crippen LogP contribution in [0.15, 0.2) is 29.9 Å². The molecule has 1 amide bonds. The Kier molecular flexibility index (Phi) is 5.23. The first-order valence-corrected chi connectivity index (χ1v) is 10.6. The summed E-state index contributed by atoms with van der Waals surface area (Å²) in [6.07, 6.45) is 8.23. The van der Waals surface area contributed by atoms with Crippen LogP contribution < -0.4 is 5.32 Å². The maximum atomic E-state index is 12.5. The summed E-state index contributed by atoms with van der Waals surface area (Å²) < 4.78 is 1.96. The van der Waals surface area contributed by atoms with E-state index >= 15 is 0 Å². The van der Waals surface area contributed by atoms with Crippen molar-refractivity contribution in [3.63, 3.8) is 0 Å². The SMILES string of the molecule is CC(C)(O)c1cc2nn([C@H]3CC[C@H](C=O)CC3)cc2cc1NC(=O)c1nccs1. The van der Waals surface area contributed by atoms with E-state index in [0.717, 1.165) is 42.9 Å². The quantitative estimate of drug-likeness (QED) is 0.620. The number of fused-ring (bicyclic) bond motifs is 1. The zero-order valence-corrected chi connectivity index (χ0v) is 17.3. The van der Waals surface area contributed by atoms with Crippen molar-refractivity contribution in [2.24, 2.45) is 5.92 Å². The number of nitrogens with one attached hydrogen (secondary N) is 1. The number of nitrogens with zero attached hydrogens (tertiary/aromatic N) is 3. The molecule has 152 valence electrons. The van der Waals surface area contributed by atoms with Crippen molar-refractivity contribution in [3.05, 3.63) is 40.5 Å². The predicted molar refractivity (Wildman–Crippen MR) is 112 cm³/mol. The number of aldehydes is 1. The second-order valence-electron chi connectivity index (χ2n) is 8.12. The molecule has 2 N–H and O–H groups in total. The fourth-order valence-corrected chi connectivity index (χ4v) is 4.43. The lowest BCUT2D eigenvalue weighted by Gasteiger charge is -2.25. The molecule has 1 aliphatic rings. The molecule has 2 heterocycles. The van der Waals surface area contributed by atoms with Crippen LogP contribution in [0.2, 0.25) is 0 Å². The molecule has 0 radical (unpaired) electrons. The van der Waals surface area contributed by atoms with E-state index in [0.29, 0.717) is 16.3 Å². The van der Waals surface area contributed by atoms with Crippen molar-refractivity contribution in [1.82, 2.24) is 14.8 Å². The fourth-order valence-electron chi connectivity index (χ4n) is 3.90. The second kappa shape index (κ2) is 7.68. The lowest BCUT2D eigenvalue weighted by molar-refractivity contribution is -0.112. The summed E-state index contributed by atoms with van der Waals surface area (Å²) in [7, 11) is 0. The molecule has 4 rings (SSSR count). The van der Waals surface area contributed by atoms with Gasteiger partial charge in [0, 0.05) is 40.3 Å². The van der Waals surface area contributed by atoms with Crippen LogP contribution in [0.1, 0.15) is 60.9 Å². The van der Waals surface area contributed by atoms with Crippen LogP contribution >= 0.6 is 11.3 Å². The molecule has 0 saturated heterocycles. The zero-order valence-electron chi connectivity index (χ0n) is 16.5. The Bertz CT molecular complexity index is 1030. The molecule has 0 atom stereocenters. The topological polar surface area (TPSA) is 97.1 Å². The summed E-state index contributed by atoms with van der Waals surface area (Å²) in [4.78, 5) is 27.6. The number of amides is 1. The Labute approximate surface area is 172 Å². The summed E-state index contributed by atoms with van der Waals surface area (Å²) in [5, 5.41) is 21.3. The van der Waals surface area contributed by atoms with Crippen molar-refractivity contribution in [2.45, 2.75) is 51.2 Å². The molecule has 1 saturated carbocycles. The second-order valence-corrected chi connectivity index (χ2v) is 9.02. The largest absolute Gasteiger partial charge is 0.386 e. The number of carbonyl (C=O) groups is 2. The molecule has 0 bridgehead atoms. The lowest BCUT2D eigenvalue weighted by Crippen LogP contribution is -2.21. The van der Waals surface area contributed by atoms with E-state index in [9.17, 15) is 14.7 Å². The van der Waals surface area contributed by atoms with E-state index < -0.39 is 5.60 Å². The Hall–Kier alpha value is -2.58. The summed E-state index contributed by atoms with van der Waals surface area (Å²) in [5.74, 6) is -0.143. The van der Waals surface area contributed by atoms with E-state index in [1.54, 1.807) is 25.4 Å². The third-order valence-corrected chi connectivity index (χ3v) is 6.28. The van der Waals surface area contributed by atoms with E-state index in [1.165, 1.54) is 11.3 Å². The molecule has 0 aliphatic heterocycles. The van der Waals surface area contributed by atoms with Crippen LogP contribution in [0.4, 0.5) is 5.69 Å². The van der Waals surface area contributed by atoms with Crippen LogP contribution in [0.3, 0.4) is 0 Å². The Balaban J connectivity index is 1.67. The van der Waals surface area contributed by atoms with E-state index in [2.05, 4.69) is 10.3 Å². The highest BCUT2D eigenvalue weighted by molar-refractivity contribution is 7.11. The lowest BCUT2D eigenvalue weighted by atomic mass is 9.87. The number of aromatic nitrogens is 3. The zero-order chi connectivity index (χ0) is 20.6. The molecule has 7 nitrogen and oxygen atoms in total. The van der Waals surface area contributed by atoms with Gasteiger partial charge in [0.05, 0.1) is 17.2 Å². The number of benzene rings is 1. The average Bonchev–Trinajstić information content (AvgIpc) is 3.36. The highest BCUT2D eigenvalue weighted by Crippen LogP contribution is 2.35. The third kappa shape index (κ3) is 4.09. The molecular weight excluding hydrogens is 388 g/mol. The molecule has 29 heavy (non-hydrogen) atoms. The molecule has 2 aromatic heterocycles. The molecule has 3 aromatic rings. The van der Waals surface area contributed by atoms with Gasteiger partial charge < -0.3 is 15.2 Å². The minimum Gasteiger partial charge on any atom is -0.386 e. The highest BCUT2D eigenvalue weighted by Gasteiger charge is 2.26. The van der Waals surface area contributed by atoms with Gasteiger partial charge in [-0.3, -0.25) is 9.48 Å². The van der Waals surface area contributed by atoms with Gasteiger partial charge in [0.1, 0.15) is 6.29 Å². The van der Waals surface area contributed by atoms with Gasteiger partial charge in [-0.1, -0.05) is 0 Å². The fraction of sp³-hybridized carbons (Fsp3) is 0.429. The van der Waals surface area contributed by atoms with Crippen molar-refractivity contribution in [3.8, 4) is 0 Å². The normalized spacial score (nSPS) is 20.0. The van der Waals surface area contributed by atoms with E-state index in [1.807, 2.05) is 23.0 Å². The van der Waals surface area contributed by atoms with Gasteiger partial charge in [0.2, 0.25) is 0 Å². The van der Waals surface area contributed by atoms with Crippen molar-refractivity contribution < 1.29 is 14.7 Å². The van der Waals surface area contributed by atoms with Crippen molar-refractivity contribution >= 4 is 40.1 Å². The van der Waals surface area contributed by atoms with Gasteiger partial charge in [-0.15, -0.1) is 11.3 Å². The Morgan fingerprint density at radius 1 is 1.31 bits per heavy atom. The van der Waals surface area contributed by atoms with E-state index in [-0.39, 0.29) is 17.9 Å². The van der Waals surface area contributed by atoms with Crippen LogP contribution in [-0.2, 0) is 10.4 Å². The van der Waals surface area contributed by atoms with Gasteiger partial charge in [0.25, 0.3) is 5.91 Å². The van der Waals surface area contributed by atoms with Crippen molar-refractivity contribution in [2.75, 3.05) is 5.32 Å². The molecule has 0 unspecified atom stereocenters. The predicted octanol–water partition coefficient (Wildman–Crippen LogP) is 3.90. The van der Waals surface area contributed by atoms with Crippen LogP contribution in [-0.4, -0.2) is 32.1 Å². The van der Waals surface area contributed by atoms with Gasteiger partial charge in [-0.05, 0) is 51.7 Å². The first-order valence-electron chi connectivity index (χ1n) is 9.77. The first kappa shape index (κ1) is 19.7. The molecule has 0 spiro atoms. The van der Waals surface area contributed by atoms with Crippen molar-refractivity contribution in [1.29, 1.82) is 0 Å². The first-order chi connectivity index (χ1) is 13.8. The number of rotatable bonds is 5. The van der Waals surface area contributed by atoms with Gasteiger partial charge in [-0.2, -0.15) is 5.10 Å². The standard InChI is InChI=1S/C21H24N4O3S/c1-21(2,28)16-10-17-14(9-18(16)23-19(27)20-22-7-8-29-20)11-25(24-17)15-5-3-13(12-26)4-6-15/h7-13,15,28H,3-6H2,1-2H3,(H,23,27)/t13-,15-. The minimum absolute atomic E-state index is 0.158. The highest BCUT2D eigenvalue weighted by atomic mass is 32.1. The van der Waals surface area contributed by atoms with Crippen LogP contribution in [0.5, 0.6) is 0 Å². The number of thiazole rings is 1. The number of hydrogen-bond donors (Lipinski definition) is 2. The van der Waals surface area contributed by atoms with E-state index in [4.69, 9.17) is 5.10 Å². The number of carbonyl (C=O) groups excluding carboxylic acids is 2. The summed E-state index contributed by atoms with van der Waals surface area (Å²) in [6.45, 7) is 3.37. The van der Waals surface area contributed by atoms with Gasteiger partial charge in [0.15, 0.2) is 5.01 Å². The molecule has 1 aromatic carbocycles. The van der Waals surface area contributed by atoms with Crippen LogP contribution in [0.25, 0.3) is 10.9 Å². The van der Waals surface area contributed by atoms with Gasteiger partial charge >= 0.3 is 0 Å². The minimum atomic E-state index is -1.15. The summed E-state index contributed by atoms with van der Waals surface area (Å²) in [5.41, 5.74) is 0.775. The average molecular weight is 413 g/mol. The molecule has 8 heteroatoms. The van der Waals surface area contributed by atoms with Gasteiger partial charge in [-0.25, -0.2) is 4.98 Å². The number of hydrogen-bond acceptors (Lipinski definition) is 6. The number of anilines is 1.